The number of piperidine rings is 1. The highest BCUT2D eigenvalue weighted by atomic mass is 32.2. The lowest BCUT2D eigenvalue weighted by atomic mass is 10.0. The number of thioether (sulfide) groups is 1. The molecule has 0 aromatic carbocycles. The SMILES string of the molecule is CSCC[C@H](NS(=O)(=O)N1CCCC(C)C1)C(=O)O. The highest BCUT2D eigenvalue weighted by molar-refractivity contribution is 7.98. The van der Waals surface area contributed by atoms with Crippen molar-refractivity contribution in [3.8, 4) is 0 Å². The maximum Gasteiger partial charge on any atom is 0.321 e. The predicted octanol–water partition coefficient (Wildman–Crippen LogP) is 0.759. The van der Waals surface area contributed by atoms with Crippen LogP contribution in [0.25, 0.3) is 0 Å². The van der Waals surface area contributed by atoms with Crippen LogP contribution in [0.1, 0.15) is 26.2 Å². The van der Waals surface area contributed by atoms with Gasteiger partial charge in [-0.1, -0.05) is 6.92 Å². The fourth-order valence-electron chi connectivity index (χ4n) is 2.09. The van der Waals surface area contributed by atoms with Gasteiger partial charge >= 0.3 is 5.97 Å². The lowest BCUT2D eigenvalue weighted by Crippen LogP contribution is -2.51. The van der Waals surface area contributed by atoms with Crippen LogP contribution in [0.4, 0.5) is 0 Å². The summed E-state index contributed by atoms with van der Waals surface area (Å²) < 4.78 is 28.0. The van der Waals surface area contributed by atoms with Gasteiger partial charge in [-0.2, -0.15) is 29.2 Å². The van der Waals surface area contributed by atoms with Crippen molar-refractivity contribution < 1.29 is 18.3 Å². The monoisotopic (exact) mass is 310 g/mol. The van der Waals surface area contributed by atoms with Gasteiger partial charge in [0.15, 0.2) is 0 Å². The van der Waals surface area contributed by atoms with Crippen molar-refractivity contribution in [3.05, 3.63) is 0 Å². The molecule has 19 heavy (non-hydrogen) atoms. The molecule has 2 N–H and O–H groups in total. The van der Waals surface area contributed by atoms with E-state index in [2.05, 4.69) is 4.72 Å². The van der Waals surface area contributed by atoms with Crippen LogP contribution in [-0.4, -0.2) is 54.9 Å². The topological polar surface area (TPSA) is 86.7 Å². The molecule has 0 aromatic heterocycles. The molecule has 2 atom stereocenters. The summed E-state index contributed by atoms with van der Waals surface area (Å²) in [6.07, 6.45) is 3.99. The summed E-state index contributed by atoms with van der Waals surface area (Å²) in [6, 6.07) is -1.05. The molecular formula is C11H22N2O4S2. The van der Waals surface area contributed by atoms with Crippen molar-refractivity contribution in [3.63, 3.8) is 0 Å². The van der Waals surface area contributed by atoms with Gasteiger partial charge in [-0.15, -0.1) is 0 Å². The smallest absolute Gasteiger partial charge is 0.321 e. The van der Waals surface area contributed by atoms with E-state index in [1.165, 1.54) is 16.1 Å². The summed E-state index contributed by atoms with van der Waals surface area (Å²) in [6.45, 7) is 2.93. The number of aliphatic carboxylic acids is 1. The average Bonchev–Trinajstić information content (AvgIpc) is 2.34. The second kappa shape index (κ2) is 7.47. The van der Waals surface area contributed by atoms with E-state index in [0.29, 0.717) is 31.2 Å². The second-order valence-corrected chi connectivity index (χ2v) is 7.59. The molecule has 0 bridgehead atoms. The number of hydrogen-bond donors (Lipinski definition) is 2. The van der Waals surface area contributed by atoms with E-state index in [-0.39, 0.29) is 0 Å². The number of hydrogen-bond acceptors (Lipinski definition) is 4. The fraction of sp³-hybridized carbons (Fsp3) is 0.909. The third kappa shape index (κ3) is 5.29. The van der Waals surface area contributed by atoms with E-state index >= 15 is 0 Å². The van der Waals surface area contributed by atoms with Gasteiger partial charge in [0.05, 0.1) is 0 Å². The number of carbonyl (C=O) groups is 1. The Balaban J connectivity index is 2.67. The largest absolute Gasteiger partial charge is 0.480 e. The molecule has 0 spiro atoms. The van der Waals surface area contributed by atoms with E-state index < -0.39 is 22.2 Å². The quantitative estimate of drug-likeness (QED) is 0.725. The standard InChI is InChI=1S/C11H22N2O4S2/c1-9-4-3-6-13(8-9)19(16,17)12-10(11(14)15)5-7-18-2/h9-10,12H,3-8H2,1-2H3,(H,14,15)/t9?,10-/m0/s1. The molecule has 1 aliphatic rings. The first-order valence-electron chi connectivity index (χ1n) is 6.36. The van der Waals surface area contributed by atoms with Crippen LogP contribution >= 0.6 is 11.8 Å². The van der Waals surface area contributed by atoms with Crippen LogP contribution in [0.2, 0.25) is 0 Å². The lowest BCUT2D eigenvalue weighted by molar-refractivity contribution is -0.139. The molecular weight excluding hydrogens is 288 g/mol. The van der Waals surface area contributed by atoms with Crippen LogP contribution in [-0.2, 0) is 15.0 Å². The number of carboxylic acid groups (broad SMARTS) is 1. The highest BCUT2D eigenvalue weighted by Crippen LogP contribution is 2.18. The number of nitrogens with zero attached hydrogens (tertiary/aromatic N) is 1. The molecule has 1 unspecified atom stereocenters. The molecule has 8 heteroatoms. The molecule has 1 fully saturated rings. The summed E-state index contributed by atoms with van der Waals surface area (Å²) >= 11 is 1.50. The zero-order valence-corrected chi connectivity index (χ0v) is 13.0. The average molecular weight is 310 g/mol. The minimum atomic E-state index is -3.70. The van der Waals surface area contributed by atoms with Crippen LogP contribution in [0, 0.1) is 5.92 Å². The number of rotatable bonds is 7. The van der Waals surface area contributed by atoms with E-state index in [9.17, 15) is 13.2 Å². The van der Waals surface area contributed by atoms with Crippen molar-refractivity contribution >= 4 is 27.9 Å². The summed E-state index contributed by atoms with van der Waals surface area (Å²) in [4.78, 5) is 11.1. The minimum Gasteiger partial charge on any atom is -0.480 e. The molecule has 0 radical (unpaired) electrons. The van der Waals surface area contributed by atoms with Crippen molar-refractivity contribution in [2.24, 2.45) is 5.92 Å². The Hall–Kier alpha value is -0.310. The minimum absolute atomic E-state index is 0.291. The van der Waals surface area contributed by atoms with Crippen molar-refractivity contribution in [2.45, 2.75) is 32.2 Å². The predicted molar refractivity (Wildman–Crippen MR) is 76.4 cm³/mol. The molecule has 1 saturated heterocycles. The zero-order valence-electron chi connectivity index (χ0n) is 11.3. The molecule has 6 nitrogen and oxygen atoms in total. The first-order chi connectivity index (χ1) is 8.86. The molecule has 112 valence electrons. The molecule has 0 amide bonds. The van der Waals surface area contributed by atoms with Crippen LogP contribution in [0.3, 0.4) is 0 Å². The first kappa shape index (κ1) is 16.7. The fourth-order valence-corrected chi connectivity index (χ4v) is 4.11. The van der Waals surface area contributed by atoms with Gasteiger partial charge in [0.25, 0.3) is 10.2 Å². The zero-order chi connectivity index (χ0) is 14.5. The molecule has 0 saturated carbocycles. The Morgan fingerprint density at radius 3 is 2.79 bits per heavy atom. The van der Waals surface area contributed by atoms with Crippen LogP contribution in [0.15, 0.2) is 0 Å². The lowest BCUT2D eigenvalue weighted by Gasteiger charge is -2.31. The van der Waals surface area contributed by atoms with E-state index in [1.54, 1.807) is 0 Å². The van der Waals surface area contributed by atoms with Gasteiger partial charge in [-0.3, -0.25) is 4.79 Å². The Kier molecular flexibility index (Phi) is 6.58. The summed E-state index contributed by atoms with van der Waals surface area (Å²) in [5.41, 5.74) is 0. The van der Waals surface area contributed by atoms with Gasteiger partial charge in [0.1, 0.15) is 6.04 Å². The third-order valence-electron chi connectivity index (χ3n) is 3.16. The third-order valence-corrected chi connectivity index (χ3v) is 5.40. The number of carboxylic acids is 1. The van der Waals surface area contributed by atoms with Crippen LogP contribution < -0.4 is 4.72 Å². The van der Waals surface area contributed by atoms with E-state index in [0.717, 1.165) is 12.8 Å². The van der Waals surface area contributed by atoms with Crippen molar-refractivity contribution in [2.75, 3.05) is 25.1 Å². The van der Waals surface area contributed by atoms with E-state index in [4.69, 9.17) is 5.11 Å². The van der Waals surface area contributed by atoms with Crippen molar-refractivity contribution in [1.29, 1.82) is 0 Å². The Bertz CT molecular complexity index is 399. The second-order valence-electron chi connectivity index (χ2n) is 4.90. The maximum absolute atomic E-state index is 12.2. The molecule has 0 aliphatic carbocycles. The Labute approximate surface area is 119 Å². The van der Waals surface area contributed by atoms with Gasteiger partial charge in [-0.05, 0) is 37.2 Å². The summed E-state index contributed by atoms with van der Waals surface area (Å²) in [5.74, 6) is -0.196. The molecule has 0 aromatic rings. The molecule has 1 aliphatic heterocycles. The summed E-state index contributed by atoms with van der Waals surface area (Å²) in [7, 11) is -3.70. The van der Waals surface area contributed by atoms with Gasteiger partial charge in [-0.25, -0.2) is 0 Å². The van der Waals surface area contributed by atoms with Gasteiger partial charge in [0, 0.05) is 13.1 Å². The van der Waals surface area contributed by atoms with E-state index in [1.807, 2.05) is 13.2 Å². The molecule has 1 heterocycles. The normalized spacial score (nSPS) is 23.2. The Morgan fingerprint density at radius 1 is 1.58 bits per heavy atom. The summed E-state index contributed by atoms with van der Waals surface area (Å²) in [5, 5.41) is 9.06. The van der Waals surface area contributed by atoms with Crippen molar-refractivity contribution in [1.82, 2.24) is 9.03 Å². The maximum atomic E-state index is 12.2. The molecule has 1 rings (SSSR count). The van der Waals surface area contributed by atoms with Gasteiger partial charge < -0.3 is 5.11 Å². The first-order valence-corrected chi connectivity index (χ1v) is 9.19. The van der Waals surface area contributed by atoms with Gasteiger partial charge in [0.2, 0.25) is 0 Å². The van der Waals surface area contributed by atoms with Crippen LogP contribution in [0.5, 0.6) is 0 Å². The Morgan fingerprint density at radius 2 is 2.26 bits per heavy atom. The highest BCUT2D eigenvalue weighted by Gasteiger charge is 2.31. The number of nitrogens with one attached hydrogen (secondary N) is 1.